The number of carbonyl (C=O) groups is 2. The molecule has 2 aliphatic heterocycles. The van der Waals surface area contributed by atoms with Crippen molar-refractivity contribution in [3.63, 3.8) is 0 Å². The van der Waals surface area contributed by atoms with E-state index in [2.05, 4.69) is 22.8 Å². The van der Waals surface area contributed by atoms with Crippen LogP contribution in [0, 0.1) is 0 Å². The number of ether oxygens (including phenoxy) is 2. The first-order chi connectivity index (χ1) is 16.6. The largest absolute Gasteiger partial charge is 0.481 e. The average molecular weight is 488 g/mol. The number of hydrogen-bond acceptors (Lipinski definition) is 6. The van der Waals surface area contributed by atoms with Crippen LogP contribution in [0.25, 0.3) is 0 Å². The van der Waals surface area contributed by atoms with Gasteiger partial charge in [-0.2, -0.15) is 0 Å². The Morgan fingerprint density at radius 1 is 1.09 bits per heavy atom. The SMILES string of the molecule is COCC(NC(=O)[C@@H]1CCCCO1)C(=O)NC(CCCc1ccccc1)B1OC(C)(C)C(C)(C)O1. The molecule has 8 nitrogen and oxygen atoms in total. The maximum Gasteiger partial charge on any atom is 0.481 e. The van der Waals surface area contributed by atoms with Crippen molar-refractivity contribution in [2.45, 2.75) is 95.5 Å². The monoisotopic (exact) mass is 488 g/mol. The zero-order valence-electron chi connectivity index (χ0n) is 21.8. The highest BCUT2D eigenvalue weighted by Crippen LogP contribution is 2.38. The number of benzene rings is 1. The quantitative estimate of drug-likeness (QED) is 0.466. The molecule has 0 spiro atoms. The first-order valence-corrected chi connectivity index (χ1v) is 12.7. The Morgan fingerprint density at radius 2 is 1.77 bits per heavy atom. The number of rotatable bonds is 11. The molecule has 0 bridgehead atoms. The van der Waals surface area contributed by atoms with Gasteiger partial charge in [0.1, 0.15) is 12.1 Å². The highest BCUT2D eigenvalue weighted by atomic mass is 16.7. The molecule has 35 heavy (non-hydrogen) atoms. The Kier molecular flexibility index (Phi) is 9.75. The lowest BCUT2D eigenvalue weighted by molar-refractivity contribution is -0.139. The van der Waals surface area contributed by atoms with Crippen LogP contribution in [0.5, 0.6) is 0 Å². The van der Waals surface area contributed by atoms with Gasteiger partial charge in [-0.05, 0) is 71.8 Å². The molecule has 2 N–H and O–H groups in total. The van der Waals surface area contributed by atoms with Crippen molar-refractivity contribution in [1.82, 2.24) is 10.6 Å². The number of nitrogens with one attached hydrogen (secondary N) is 2. The van der Waals surface area contributed by atoms with Crippen LogP contribution in [0.1, 0.15) is 65.4 Å². The molecule has 1 aromatic carbocycles. The molecule has 2 heterocycles. The third-order valence-corrected chi connectivity index (χ3v) is 7.19. The van der Waals surface area contributed by atoms with E-state index in [1.807, 2.05) is 45.9 Å². The zero-order valence-corrected chi connectivity index (χ0v) is 21.8. The Labute approximate surface area is 209 Å². The number of carbonyl (C=O) groups excluding carboxylic acids is 2. The van der Waals surface area contributed by atoms with Gasteiger partial charge >= 0.3 is 7.12 Å². The van der Waals surface area contributed by atoms with Gasteiger partial charge in [-0.1, -0.05) is 30.3 Å². The minimum absolute atomic E-state index is 0.0599. The summed E-state index contributed by atoms with van der Waals surface area (Å²) < 4.78 is 23.4. The summed E-state index contributed by atoms with van der Waals surface area (Å²) in [5.74, 6) is -0.983. The normalized spacial score (nSPS) is 22.9. The van der Waals surface area contributed by atoms with Gasteiger partial charge in [0.2, 0.25) is 11.8 Å². The Morgan fingerprint density at radius 3 is 2.37 bits per heavy atom. The van der Waals surface area contributed by atoms with Crippen LogP contribution in [-0.2, 0) is 34.8 Å². The zero-order chi connectivity index (χ0) is 25.5. The van der Waals surface area contributed by atoms with Crippen LogP contribution in [-0.4, -0.2) is 68.5 Å². The molecule has 2 fully saturated rings. The van der Waals surface area contributed by atoms with Crippen LogP contribution in [0.2, 0.25) is 0 Å². The van der Waals surface area contributed by atoms with Crippen LogP contribution < -0.4 is 10.6 Å². The van der Waals surface area contributed by atoms with E-state index >= 15 is 0 Å². The molecule has 194 valence electrons. The van der Waals surface area contributed by atoms with Crippen LogP contribution in [0.3, 0.4) is 0 Å². The van der Waals surface area contributed by atoms with E-state index in [-0.39, 0.29) is 24.4 Å². The summed E-state index contributed by atoms with van der Waals surface area (Å²) in [7, 11) is 0.912. The van der Waals surface area contributed by atoms with Gasteiger partial charge in [0.15, 0.2) is 0 Å². The molecule has 2 unspecified atom stereocenters. The minimum atomic E-state index is -0.836. The summed E-state index contributed by atoms with van der Waals surface area (Å²) in [5.41, 5.74) is 0.209. The predicted octanol–water partition coefficient (Wildman–Crippen LogP) is 2.83. The lowest BCUT2D eigenvalue weighted by Crippen LogP contribution is -2.57. The second-order valence-electron chi connectivity index (χ2n) is 10.5. The van der Waals surface area contributed by atoms with Crippen molar-refractivity contribution < 1.29 is 28.4 Å². The summed E-state index contributed by atoms with van der Waals surface area (Å²) in [6.07, 6.45) is 4.40. The average Bonchev–Trinajstić information content (AvgIpc) is 3.05. The molecule has 1 aromatic rings. The predicted molar refractivity (Wildman–Crippen MR) is 135 cm³/mol. The van der Waals surface area contributed by atoms with E-state index in [9.17, 15) is 9.59 Å². The molecule has 0 aliphatic carbocycles. The van der Waals surface area contributed by atoms with Crippen molar-refractivity contribution >= 4 is 18.9 Å². The van der Waals surface area contributed by atoms with Crippen molar-refractivity contribution in [1.29, 1.82) is 0 Å². The van der Waals surface area contributed by atoms with Crippen molar-refractivity contribution in [3.8, 4) is 0 Å². The molecule has 2 aliphatic rings. The standard InChI is InChI=1S/C26H41BN2O6/c1-25(2)26(3,4)35-27(34-25)22(16-11-14-19-12-7-6-8-13-19)29-23(30)20(18-32-5)28-24(31)21-15-9-10-17-33-21/h6-8,12-13,20-22H,9-11,14-18H2,1-5H3,(H,28,31)(H,29,30)/t20?,21-,22?/m0/s1. The lowest BCUT2D eigenvalue weighted by atomic mass is 9.75. The van der Waals surface area contributed by atoms with Crippen LogP contribution >= 0.6 is 0 Å². The maximum atomic E-state index is 13.3. The fourth-order valence-electron chi connectivity index (χ4n) is 4.35. The Bertz CT molecular complexity index is 812. The number of hydrogen-bond donors (Lipinski definition) is 2. The summed E-state index contributed by atoms with van der Waals surface area (Å²) in [4.78, 5) is 26.0. The molecule has 0 aromatic heterocycles. The molecule has 9 heteroatoms. The van der Waals surface area contributed by atoms with Gasteiger partial charge in [0.25, 0.3) is 0 Å². The highest BCUT2D eigenvalue weighted by Gasteiger charge is 2.54. The summed E-state index contributed by atoms with van der Waals surface area (Å²) >= 11 is 0. The smallest absolute Gasteiger partial charge is 0.402 e. The molecular formula is C26H41BN2O6. The number of aryl methyl sites for hydroxylation is 1. The number of amides is 2. The van der Waals surface area contributed by atoms with E-state index in [0.717, 1.165) is 25.7 Å². The maximum absolute atomic E-state index is 13.3. The minimum Gasteiger partial charge on any atom is -0.402 e. The molecule has 3 atom stereocenters. The third-order valence-electron chi connectivity index (χ3n) is 7.19. The fraction of sp³-hybridized carbons (Fsp3) is 0.692. The van der Waals surface area contributed by atoms with Gasteiger partial charge in [-0.25, -0.2) is 0 Å². The first kappa shape index (κ1) is 27.6. The summed E-state index contributed by atoms with van der Waals surface area (Å²) in [6.45, 7) is 8.60. The van der Waals surface area contributed by atoms with Gasteiger partial charge in [0, 0.05) is 13.7 Å². The van der Waals surface area contributed by atoms with Gasteiger partial charge < -0.3 is 29.4 Å². The van der Waals surface area contributed by atoms with E-state index in [0.29, 0.717) is 19.4 Å². The van der Waals surface area contributed by atoms with E-state index in [1.54, 1.807) is 0 Å². The second-order valence-corrected chi connectivity index (χ2v) is 10.5. The third kappa shape index (κ3) is 7.52. The molecule has 0 saturated carbocycles. The Hall–Kier alpha value is -1.94. The molecular weight excluding hydrogens is 447 g/mol. The van der Waals surface area contributed by atoms with Crippen LogP contribution in [0.15, 0.2) is 30.3 Å². The summed E-state index contributed by atoms with van der Waals surface area (Å²) in [6, 6.07) is 9.41. The highest BCUT2D eigenvalue weighted by molar-refractivity contribution is 6.48. The molecule has 2 saturated heterocycles. The first-order valence-electron chi connectivity index (χ1n) is 12.7. The van der Waals surface area contributed by atoms with Gasteiger partial charge in [-0.15, -0.1) is 0 Å². The molecule has 2 amide bonds. The summed E-state index contributed by atoms with van der Waals surface area (Å²) in [5, 5.41) is 5.90. The number of methoxy groups -OCH3 is 1. The van der Waals surface area contributed by atoms with Crippen molar-refractivity contribution in [2.24, 2.45) is 0 Å². The van der Waals surface area contributed by atoms with E-state index in [4.69, 9.17) is 18.8 Å². The van der Waals surface area contributed by atoms with Crippen LogP contribution in [0.4, 0.5) is 0 Å². The fourth-order valence-corrected chi connectivity index (χ4v) is 4.35. The lowest BCUT2D eigenvalue weighted by Gasteiger charge is -2.32. The van der Waals surface area contributed by atoms with Crippen molar-refractivity contribution in [2.75, 3.05) is 20.3 Å². The van der Waals surface area contributed by atoms with E-state index < -0.39 is 30.5 Å². The van der Waals surface area contributed by atoms with E-state index in [1.165, 1.54) is 12.7 Å². The topological polar surface area (TPSA) is 95.1 Å². The van der Waals surface area contributed by atoms with Gasteiger partial charge in [0.05, 0.1) is 23.8 Å². The molecule has 3 rings (SSSR count). The second kappa shape index (κ2) is 12.3. The molecule has 0 radical (unpaired) electrons. The van der Waals surface area contributed by atoms with Crippen molar-refractivity contribution in [3.05, 3.63) is 35.9 Å². The van der Waals surface area contributed by atoms with Gasteiger partial charge in [-0.3, -0.25) is 9.59 Å². The Balaban J connectivity index is 1.67.